The van der Waals surface area contributed by atoms with Crippen LogP contribution in [0.4, 0.5) is 13.2 Å². The van der Waals surface area contributed by atoms with Crippen molar-refractivity contribution in [3.05, 3.63) is 35.1 Å². The third-order valence-corrected chi connectivity index (χ3v) is 4.13. The van der Waals surface area contributed by atoms with Gasteiger partial charge in [-0.3, -0.25) is 11.3 Å². The molecule has 2 unspecified atom stereocenters. The summed E-state index contributed by atoms with van der Waals surface area (Å²) in [5, 5.41) is 0. The number of piperazine rings is 1. The van der Waals surface area contributed by atoms with E-state index in [-0.39, 0.29) is 11.6 Å². The van der Waals surface area contributed by atoms with Gasteiger partial charge in [0.2, 0.25) is 0 Å². The summed E-state index contributed by atoms with van der Waals surface area (Å²) in [7, 11) is 4.01. The normalized spacial score (nSPS) is 22.5. The third-order valence-electron chi connectivity index (χ3n) is 4.13. The maximum Gasteiger partial charge on any atom is 0.194 e. The van der Waals surface area contributed by atoms with Crippen molar-refractivity contribution < 1.29 is 13.2 Å². The third kappa shape index (κ3) is 3.55. The molecule has 1 aliphatic rings. The van der Waals surface area contributed by atoms with Gasteiger partial charge in [0.1, 0.15) is 0 Å². The first-order chi connectivity index (χ1) is 9.93. The van der Waals surface area contributed by atoms with Crippen LogP contribution >= 0.6 is 0 Å². The van der Waals surface area contributed by atoms with Crippen molar-refractivity contribution in [1.82, 2.24) is 15.2 Å². The minimum Gasteiger partial charge on any atom is -0.304 e. The van der Waals surface area contributed by atoms with Gasteiger partial charge in [0, 0.05) is 31.2 Å². The second-order valence-electron chi connectivity index (χ2n) is 5.62. The molecule has 0 radical (unpaired) electrons. The molecule has 0 aliphatic carbocycles. The molecule has 1 fully saturated rings. The highest BCUT2D eigenvalue weighted by atomic mass is 19.2. The van der Waals surface area contributed by atoms with E-state index in [4.69, 9.17) is 5.84 Å². The molecular weight excluding hydrogens is 281 g/mol. The van der Waals surface area contributed by atoms with Gasteiger partial charge >= 0.3 is 0 Å². The minimum absolute atomic E-state index is 0.0537. The highest BCUT2D eigenvalue weighted by Crippen LogP contribution is 2.26. The highest BCUT2D eigenvalue weighted by molar-refractivity contribution is 5.24. The van der Waals surface area contributed by atoms with Crippen molar-refractivity contribution in [3.63, 3.8) is 0 Å². The number of hydrazine groups is 1. The number of nitrogens with two attached hydrogens (primary N) is 1. The van der Waals surface area contributed by atoms with Crippen LogP contribution in [-0.2, 0) is 0 Å². The summed E-state index contributed by atoms with van der Waals surface area (Å²) in [5.41, 5.74) is 2.57. The molecule has 0 amide bonds. The average Bonchev–Trinajstić information content (AvgIpc) is 2.46. The van der Waals surface area contributed by atoms with Gasteiger partial charge in [-0.1, -0.05) is 6.07 Å². The average molecular weight is 302 g/mol. The van der Waals surface area contributed by atoms with E-state index in [9.17, 15) is 13.2 Å². The Balaban J connectivity index is 2.18. The standard InChI is InChI=1S/C14H21F3N4/c1-20-5-6-21(2)9(8-20)7-12(19-18)10-3-4-11(15)14(17)13(10)16/h3-4,9,12,19H,5-8,18H2,1-2H3. The van der Waals surface area contributed by atoms with Crippen molar-refractivity contribution in [2.45, 2.75) is 18.5 Å². The summed E-state index contributed by atoms with van der Waals surface area (Å²) in [4.78, 5) is 4.35. The Bertz CT molecular complexity index is 497. The predicted molar refractivity (Wildman–Crippen MR) is 74.9 cm³/mol. The Morgan fingerprint density at radius 3 is 2.62 bits per heavy atom. The Kier molecular flexibility index (Phi) is 5.21. The van der Waals surface area contributed by atoms with Crippen molar-refractivity contribution >= 4 is 0 Å². The molecule has 0 spiro atoms. The number of likely N-dealkylation sites (N-methyl/N-ethyl adjacent to an activating group) is 2. The van der Waals surface area contributed by atoms with Crippen LogP contribution in [0.2, 0.25) is 0 Å². The smallest absolute Gasteiger partial charge is 0.194 e. The Morgan fingerprint density at radius 1 is 1.24 bits per heavy atom. The van der Waals surface area contributed by atoms with Gasteiger partial charge < -0.3 is 9.80 Å². The molecule has 0 bridgehead atoms. The van der Waals surface area contributed by atoms with Crippen molar-refractivity contribution in [3.8, 4) is 0 Å². The first-order valence-corrected chi connectivity index (χ1v) is 6.92. The van der Waals surface area contributed by atoms with Crippen LogP contribution in [0.5, 0.6) is 0 Å². The van der Waals surface area contributed by atoms with Crippen molar-refractivity contribution in [1.29, 1.82) is 0 Å². The van der Waals surface area contributed by atoms with Gasteiger partial charge in [0.05, 0.1) is 6.04 Å². The lowest BCUT2D eigenvalue weighted by Crippen LogP contribution is -2.51. The van der Waals surface area contributed by atoms with Crippen LogP contribution in [0, 0.1) is 17.5 Å². The fraction of sp³-hybridized carbons (Fsp3) is 0.571. The van der Waals surface area contributed by atoms with Crippen LogP contribution in [0.15, 0.2) is 12.1 Å². The zero-order valence-corrected chi connectivity index (χ0v) is 12.2. The van der Waals surface area contributed by atoms with E-state index in [1.54, 1.807) is 0 Å². The summed E-state index contributed by atoms with van der Waals surface area (Å²) in [6, 6.07) is 1.76. The Morgan fingerprint density at radius 2 is 1.95 bits per heavy atom. The monoisotopic (exact) mass is 302 g/mol. The molecule has 0 saturated carbocycles. The summed E-state index contributed by atoms with van der Waals surface area (Å²) >= 11 is 0. The fourth-order valence-electron chi connectivity index (χ4n) is 2.72. The number of rotatable bonds is 4. The number of hydrogen-bond donors (Lipinski definition) is 2. The lowest BCUT2D eigenvalue weighted by Gasteiger charge is -2.39. The summed E-state index contributed by atoms with van der Waals surface area (Å²) in [5.74, 6) is 1.67. The quantitative estimate of drug-likeness (QED) is 0.499. The first-order valence-electron chi connectivity index (χ1n) is 6.92. The van der Waals surface area contributed by atoms with Gasteiger partial charge in [0.15, 0.2) is 17.5 Å². The maximum atomic E-state index is 13.9. The predicted octanol–water partition coefficient (Wildman–Crippen LogP) is 1.24. The number of nitrogens with zero attached hydrogens (tertiary/aromatic N) is 2. The van der Waals surface area contributed by atoms with Crippen LogP contribution in [0.3, 0.4) is 0 Å². The van der Waals surface area contributed by atoms with E-state index in [2.05, 4.69) is 15.2 Å². The molecule has 1 saturated heterocycles. The number of nitrogens with one attached hydrogen (secondary N) is 1. The summed E-state index contributed by atoms with van der Waals surface area (Å²) in [6.45, 7) is 2.69. The van der Waals surface area contributed by atoms with E-state index in [1.807, 2.05) is 14.1 Å². The molecular formula is C14H21F3N4. The van der Waals surface area contributed by atoms with E-state index >= 15 is 0 Å². The zero-order valence-electron chi connectivity index (χ0n) is 12.2. The Hall–Kier alpha value is -1.15. The molecule has 1 heterocycles. The molecule has 7 heteroatoms. The summed E-state index contributed by atoms with van der Waals surface area (Å²) in [6.07, 6.45) is 0.513. The molecule has 0 aromatic heterocycles. The number of halogens is 3. The SMILES string of the molecule is CN1CCN(C)C(CC(NN)c2ccc(F)c(F)c2F)C1. The zero-order chi connectivity index (χ0) is 15.6. The lowest BCUT2D eigenvalue weighted by atomic mass is 9.97. The fourth-order valence-corrected chi connectivity index (χ4v) is 2.72. The molecule has 1 aromatic rings. The van der Waals surface area contributed by atoms with Gasteiger partial charge in [-0.25, -0.2) is 13.2 Å². The van der Waals surface area contributed by atoms with E-state index in [0.717, 1.165) is 25.7 Å². The largest absolute Gasteiger partial charge is 0.304 e. The van der Waals surface area contributed by atoms with E-state index < -0.39 is 23.5 Å². The second-order valence-corrected chi connectivity index (χ2v) is 5.62. The number of benzene rings is 1. The van der Waals surface area contributed by atoms with Crippen molar-refractivity contribution in [2.24, 2.45) is 5.84 Å². The molecule has 1 aliphatic heterocycles. The molecule has 21 heavy (non-hydrogen) atoms. The van der Waals surface area contributed by atoms with Crippen LogP contribution in [0.1, 0.15) is 18.0 Å². The minimum atomic E-state index is -1.46. The molecule has 4 nitrogen and oxygen atoms in total. The molecule has 118 valence electrons. The molecule has 3 N–H and O–H groups in total. The van der Waals surface area contributed by atoms with E-state index in [0.29, 0.717) is 6.42 Å². The second kappa shape index (κ2) is 6.74. The van der Waals surface area contributed by atoms with Crippen molar-refractivity contribution in [2.75, 3.05) is 33.7 Å². The first kappa shape index (κ1) is 16.2. The van der Waals surface area contributed by atoms with Crippen LogP contribution in [-0.4, -0.2) is 49.6 Å². The van der Waals surface area contributed by atoms with Gasteiger partial charge in [-0.15, -0.1) is 0 Å². The lowest BCUT2D eigenvalue weighted by molar-refractivity contribution is 0.100. The molecule has 1 aromatic carbocycles. The summed E-state index contributed by atoms with van der Waals surface area (Å²) < 4.78 is 40.3. The number of hydrogen-bond acceptors (Lipinski definition) is 4. The Labute approximate surface area is 122 Å². The topological polar surface area (TPSA) is 44.5 Å². The highest BCUT2D eigenvalue weighted by Gasteiger charge is 2.28. The van der Waals surface area contributed by atoms with Crippen LogP contribution < -0.4 is 11.3 Å². The van der Waals surface area contributed by atoms with Gasteiger partial charge in [0.25, 0.3) is 0 Å². The van der Waals surface area contributed by atoms with Gasteiger partial charge in [-0.05, 0) is 26.6 Å². The maximum absolute atomic E-state index is 13.9. The van der Waals surface area contributed by atoms with Gasteiger partial charge in [-0.2, -0.15) is 0 Å². The molecule has 2 rings (SSSR count). The van der Waals surface area contributed by atoms with Crippen LogP contribution in [0.25, 0.3) is 0 Å². The van der Waals surface area contributed by atoms with E-state index in [1.165, 1.54) is 6.07 Å². The molecule has 2 atom stereocenters.